The molecule has 150 valence electrons. The molecule has 0 spiro atoms. The molecule has 1 unspecified atom stereocenters. The van der Waals surface area contributed by atoms with Crippen LogP contribution in [0.3, 0.4) is 0 Å². The average molecular weight is 409 g/mol. The summed E-state index contributed by atoms with van der Waals surface area (Å²) >= 11 is 0. The Kier molecular flexibility index (Phi) is 5.12. The van der Waals surface area contributed by atoms with Crippen LogP contribution in [0.25, 0.3) is 10.8 Å². The molecule has 0 aliphatic carbocycles. The van der Waals surface area contributed by atoms with Gasteiger partial charge in [-0.2, -0.15) is 5.26 Å². The average Bonchev–Trinajstić information content (AvgIpc) is 2.83. The minimum absolute atomic E-state index is 0.143. The molecule has 0 saturated heterocycles. The molecule has 0 aliphatic heterocycles. The Hall–Kier alpha value is -4.57. The Morgan fingerprint density at radius 1 is 0.968 bits per heavy atom. The number of aromatic nitrogens is 1. The predicted octanol–water partition coefficient (Wildman–Crippen LogP) is 4.77. The van der Waals surface area contributed by atoms with Crippen molar-refractivity contribution in [3.05, 3.63) is 118 Å². The number of hydrogen-bond acceptors (Lipinski definition) is 6. The lowest BCUT2D eigenvalue weighted by Gasteiger charge is -2.27. The number of esters is 1. The lowest BCUT2D eigenvalue weighted by molar-refractivity contribution is -0.384. The SMILES string of the molecule is N#CC(OC(=O)c1ccccc1)(c1ccc([N+](=O)[O-])cc1)c1nccc2ccccc12. The van der Waals surface area contributed by atoms with E-state index in [0.717, 1.165) is 5.39 Å². The van der Waals surface area contributed by atoms with Crippen LogP contribution in [0.4, 0.5) is 5.69 Å². The molecule has 0 fully saturated rings. The van der Waals surface area contributed by atoms with Crippen LogP contribution < -0.4 is 0 Å². The Morgan fingerprint density at radius 3 is 2.32 bits per heavy atom. The zero-order chi connectivity index (χ0) is 21.8. The molecule has 31 heavy (non-hydrogen) atoms. The van der Waals surface area contributed by atoms with Gasteiger partial charge in [-0.05, 0) is 35.7 Å². The largest absolute Gasteiger partial charge is 0.430 e. The van der Waals surface area contributed by atoms with Crippen molar-refractivity contribution in [2.75, 3.05) is 0 Å². The van der Waals surface area contributed by atoms with Gasteiger partial charge in [-0.15, -0.1) is 0 Å². The molecule has 1 aromatic heterocycles. The van der Waals surface area contributed by atoms with Crippen LogP contribution in [0.5, 0.6) is 0 Å². The number of rotatable bonds is 5. The number of nitro benzene ring substituents is 1. The topological polar surface area (TPSA) is 106 Å². The van der Waals surface area contributed by atoms with Crippen molar-refractivity contribution >= 4 is 22.4 Å². The van der Waals surface area contributed by atoms with E-state index in [9.17, 15) is 20.2 Å². The van der Waals surface area contributed by atoms with Crippen molar-refractivity contribution in [2.45, 2.75) is 5.60 Å². The zero-order valence-electron chi connectivity index (χ0n) is 16.1. The van der Waals surface area contributed by atoms with Gasteiger partial charge in [0, 0.05) is 29.3 Å². The molecule has 1 heterocycles. The number of ether oxygens (including phenoxy) is 1. The maximum absolute atomic E-state index is 13.0. The van der Waals surface area contributed by atoms with E-state index >= 15 is 0 Å². The molecule has 7 heteroatoms. The fourth-order valence-electron chi connectivity index (χ4n) is 3.37. The molecular formula is C24H15N3O4. The summed E-state index contributed by atoms with van der Waals surface area (Å²) in [4.78, 5) is 27.9. The molecule has 0 amide bonds. The number of fused-ring (bicyclic) bond motifs is 1. The highest BCUT2D eigenvalue weighted by atomic mass is 16.6. The van der Waals surface area contributed by atoms with Crippen molar-refractivity contribution < 1.29 is 14.5 Å². The van der Waals surface area contributed by atoms with Crippen molar-refractivity contribution in [1.29, 1.82) is 5.26 Å². The van der Waals surface area contributed by atoms with Gasteiger partial charge in [0.05, 0.1) is 10.5 Å². The molecule has 0 radical (unpaired) electrons. The Bertz CT molecular complexity index is 1310. The smallest absolute Gasteiger partial charge is 0.340 e. The first-order valence-electron chi connectivity index (χ1n) is 9.34. The van der Waals surface area contributed by atoms with Crippen LogP contribution in [0.2, 0.25) is 0 Å². The number of nitro groups is 1. The van der Waals surface area contributed by atoms with E-state index in [1.807, 2.05) is 12.1 Å². The first-order valence-corrected chi connectivity index (χ1v) is 9.34. The summed E-state index contributed by atoms with van der Waals surface area (Å²) < 4.78 is 5.82. The van der Waals surface area contributed by atoms with E-state index in [1.165, 1.54) is 30.5 Å². The van der Waals surface area contributed by atoms with Gasteiger partial charge in [-0.25, -0.2) is 4.79 Å². The Balaban J connectivity index is 1.94. The minimum atomic E-state index is -1.91. The number of benzene rings is 3. The molecule has 4 rings (SSSR count). The summed E-state index contributed by atoms with van der Waals surface area (Å²) in [6.07, 6.45) is 1.53. The lowest BCUT2D eigenvalue weighted by Crippen LogP contribution is -2.33. The molecule has 7 nitrogen and oxygen atoms in total. The van der Waals surface area contributed by atoms with E-state index in [4.69, 9.17) is 4.74 Å². The lowest BCUT2D eigenvalue weighted by atomic mass is 9.88. The van der Waals surface area contributed by atoms with Crippen LogP contribution in [-0.4, -0.2) is 15.9 Å². The van der Waals surface area contributed by atoms with E-state index in [1.54, 1.807) is 48.5 Å². The molecule has 3 aromatic carbocycles. The van der Waals surface area contributed by atoms with E-state index < -0.39 is 16.5 Å². The highest BCUT2D eigenvalue weighted by Gasteiger charge is 2.42. The van der Waals surface area contributed by atoms with Crippen LogP contribution in [0.1, 0.15) is 21.6 Å². The van der Waals surface area contributed by atoms with Gasteiger partial charge >= 0.3 is 5.97 Å². The number of carbonyl (C=O) groups is 1. The minimum Gasteiger partial charge on any atom is -0.430 e. The summed E-state index contributed by atoms with van der Waals surface area (Å²) in [5.41, 5.74) is -1.30. The summed E-state index contributed by atoms with van der Waals surface area (Å²) in [5.74, 6) is -0.713. The molecule has 0 saturated carbocycles. The monoisotopic (exact) mass is 409 g/mol. The zero-order valence-corrected chi connectivity index (χ0v) is 16.1. The fraction of sp³-hybridized carbons (Fsp3) is 0.0417. The molecule has 0 N–H and O–H groups in total. The third-order valence-electron chi connectivity index (χ3n) is 4.90. The quantitative estimate of drug-likeness (QED) is 0.267. The van der Waals surface area contributed by atoms with Crippen molar-refractivity contribution in [3.8, 4) is 6.07 Å². The summed E-state index contributed by atoms with van der Waals surface area (Å²) in [6, 6.07) is 24.8. The number of nitrogens with zero attached hydrogens (tertiary/aromatic N) is 3. The van der Waals surface area contributed by atoms with Gasteiger partial charge in [0.2, 0.25) is 0 Å². The maximum atomic E-state index is 13.0. The van der Waals surface area contributed by atoms with Gasteiger partial charge < -0.3 is 4.74 Å². The second-order valence-electron chi connectivity index (χ2n) is 6.73. The normalized spacial score (nSPS) is 12.5. The molecule has 1 atom stereocenters. The second kappa shape index (κ2) is 8.05. The first-order chi connectivity index (χ1) is 15.0. The second-order valence-corrected chi connectivity index (χ2v) is 6.73. The van der Waals surface area contributed by atoms with E-state index in [-0.39, 0.29) is 22.5 Å². The van der Waals surface area contributed by atoms with Crippen molar-refractivity contribution in [3.63, 3.8) is 0 Å². The van der Waals surface area contributed by atoms with Crippen LogP contribution >= 0.6 is 0 Å². The fourth-order valence-corrected chi connectivity index (χ4v) is 3.37. The predicted molar refractivity (Wildman–Crippen MR) is 113 cm³/mol. The summed E-state index contributed by atoms with van der Waals surface area (Å²) in [5, 5.41) is 22.8. The van der Waals surface area contributed by atoms with E-state index in [2.05, 4.69) is 11.1 Å². The van der Waals surface area contributed by atoms with Crippen LogP contribution in [0, 0.1) is 21.4 Å². The Morgan fingerprint density at radius 2 is 1.65 bits per heavy atom. The third kappa shape index (κ3) is 3.58. The van der Waals surface area contributed by atoms with E-state index in [0.29, 0.717) is 5.39 Å². The number of non-ortho nitro benzene ring substituents is 1. The van der Waals surface area contributed by atoms with Crippen molar-refractivity contribution in [1.82, 2.24) is 4.98 Å². The van der Waals surface area contributed by atoms with Gasteiger partial charge in [-0.1, -0.05) is 42.5 Å². The number of hydrogen-bond donors (Lipinski definition) is 0. The summed E-state index contributed by atoms with van der Waals surface area (Å²) in [7, 11) is 0. The maximum Gasteiger partial charge on any atom is 0.340 e. The van der Waals surface area contributed by atoms with Crippen LogP contribution in [0.15, 0.2) is 91.1 Å². The molecular weight excluding hydrogens is 394 g/mol. The number of carbonyl (C=O) groups excluding carboxylic acids is 1. The highest BCUT2D eigenvalue weighted by Crippen LogP contribution is 2.37. The highest BCUT2D eigenvalue weighted by molar-refractivity contribution is 5.91. The standard InChI is InChI=1S/C24H15N3O4/c25-16-24(19-10-12-20(13-11-19)27(29)30,31-23(28)18-7-2-1-3-8-18)22-21-9-5-4-6-17(21)14-15-26-22/h1-15H. The van der Waals surface area contributed by atoms with Gasteiger partial charge in [0.1, 0.15) is 11.8 Å². The molecule has 0 aliphatic rings. The Labute approximate surface area is 177 Å². The number of pyridine rings is 1. The molecule has 0 bridgehead atoms. The van der Waals surface area contributed by atoms with Gasteiger partial charge in [0.15, 0.2) is 0 Å². The molecule has 4 aromatic rings. The van der Waals surface area contributed by atoms with Crippen LogP contribution in [-0.2, 0) is 10.3 Å². The third-order valence-corrected chi connectivity index (χ3v) is 4.90. The summed E-state index contributed by atoms with van der Waals surface area (Å²) in [6.45, 7) is 0. The first kappa shape index (κ1) is 19.7. The number of nitriles is 1. The van der Waals surface area contributed by atoms with Gasteiger partial charge in [0.25, 0.3) is 11.3 Å². The van der Waals surface area contributed by atoms with Crippen molar-refractivity contribution in [2.24, 2.45) is 0 Å². The van der Waals surface area contributed by atoms with Gasteiger partial charge in [-0.3, -0.25) is 15.1 Å².